The Morgan fingerprint density at radius 2 is 1.97 bits per heavy atom. The Morgan fingerprint density at radius 1 is 1.21 bits per heavy atom. The van der Waals surface area contributed by atoms with Crippen LogP contribution in [0.15, 0.2) is 48.5 Å². The molecule has 0 aliphatic heterocycles. The Hall–Kier alpha value is -4.05. The van der Waals surface area contributed by atoms with E-state index in [1.165, 1.54) is 0 Å². The predicted octanol–water partition coefficient (Wildman–Crippen LogP) is 4.52. The quantitative estimate of drug-likeness (QED) is 0.454. The Labute approximate surface area is 191 Å². The molecule has 0 spiro atoms. The summed E-state index contributed by atoms with van der Waals surface area (Å²) >= 11 is 0. The molecule has 166 valence electrons. The summed E-state index contributed by atoms with van der Waals surface area (Å²) in [5.74, 6) is 5.68. The van der Waals surface area contributed by atoms with E-state index in [0.717, 1.165) is 33.5 Å². The van der Waals surface area contributed by atoms with Crippen molar-refractivity contribution in [1.82, 2.24) is 9.78 Å². The molecule has 0 radical (unpaired) electrons. The van der Waals surface area contributed by atoms with Gasteiger partial charge in [-0.25, -0.2) is 4.79 Å². The van der Waals surface area contributed by atoms with Gasteiger partial charge in [0.05, 0.1) is 5.69 Å². The molecule has 2 aliphatic rings. The highest BCUT2D eigenvalue weighted by Gasteiger charge is 2.49. The van der Waals surface area contributed by atoms with Crippen LogP contribution in [0.5, 0.6) is 0 Å². The normalized spacial score (nSPS) is 15.5. The molecule has 0 bridgehead atoms. The molecular formula is C26H23N3O4. The van der Waals surface area contributed by atoms with E-state index in [9.17, 15) is 14.7 Å². The molecule has 2 N–H and O–H groups in total. The lowest BCUT2D eigenvalue weighted by Crippen LogP contribution is -2.18. The van der Waals surface area contributed by atoms with Crippen molar-refractivity contribution in [3.63, 3.8) is 0 Å². The first kappa shape index (κ1) is 20.8. The maximum Gasteiger partial charge on any atom is 0.413 e. The fourth-order valence-electron chi connectivity index (χ4n) is 4.16. The van der Waals surface area contributed by atoms with Crippen molar-refractivity contribution in [2.75, 3.05) is 5.32 Å². The number of amides is 1. The number of carbonyl (C=O) groups excluding carboxylic acids is 1. The SMILES string of the molecule is CC(OC(=O)Nc1c2c(nn1C)Cc1cc(C#CC3(C(=O)O)CC3)ccc1-2)c1ccccc1. The van der Waals surface area contributed by atoms with Crippen LogP contribution in [0.4, 0.5) is 10.6 Å². The molecular weight excluding hydrogens is 418 g/mol. The average Bonchev–Trinajstić information content (AvgIpc) is 3.44. The molecule has 33 heavy (non-hydrogen) atoms. The first-order chi connectivity index (χ1) is 15.9. The van der Waals surface area contributed by atoms with Crippen molar-refractivity contribution in [3.05, 3.63) is 70.9 Å². The second kappa shape index (κ2) is 7.82. The summed E-state index contributed by atoms with van der Waals surface area (Å²) in [4.78, 5) is 24.0. The molecule has 1 aromatic heterocycles. The van der Waals surface area contributed by atoms with E-state index in [1.807, 2.05) is 55.5 Å². The molecule has 3 aromatic rings. The number of nitrogens with one attached hydrogen (secondary N) is 1. The molecule has 1 saturated carbocycles. The van der Waals surface area contributed by atoms with Crippen LogP contribution in [0, 0.1) is 17.3 Å². The number of fused-ring (bicyclic) bond motifs is 3. The number of aryl methyl sites for hydroxylation is 1. The number of hydrogen-bond acceptors (Lipinski definition) is 4. The maximum absolute atomic E-state index is 12.6. The molecule has 2 aromatic carbocycles. The minimum absolute atomic E-state index is 0.388. The molecule has 2 aliphatic carbocycles. The first-order valence-corrected chi connectivity index (χ1v) is 10.8. The van der Waals surface area contributed by atoms with Crippen LogP contribution in [0.1, 0.15) is 48.3 Å². The van der Waals surface area contributed by atoms with Crippen molar-refractivity contribution >= 4 is 17.9 Å². The number of ether oxygens (including phenoxy) is 1. The van der Waals surface area contributed by atoms with Crippen LogP contribution in [0.25, 0.3) is 11.1 Å². The van der Waals surface area contributed by atoms with Crippen LogP contribution in [0.3, 0.4) is 0 Å². The van der Waals surface area contributed by atoms with Crippen LogP contribution >= 0.6 is 0 Å². The largest absolute Gasteiger partial charge is 0.480 e. The summed E-state index contributed by atoms with van der Waals surface area (Å²) < 4.78 is 7.22. The topological polar surface area (TPSA) is 93.5 Å². The monoisotopic (exact) mass is 441 g/mol. The highest BCUT2D eigenvalue weighted by atomic mass is 16.6. The summed E-state index contributed by atoms with van der Waals surface area (Å²) in [6, 6.07) is 15.4. The molecule has 1 fully saturated rings. The number of anilines is 1. The van der Waals surface area contributed by atoms with Crippen molar-refractivity contribution in [3.8, 4) is 23.0 Å². The lowest BCUT2D eigenvalue weighted by Gasteiger charge is -2.15. The Kier molecular flexibility index (Phi) is 4.94. The number of carboxylic acid groups (broad SMARTS) is 1. The van der Waals surface area contributed by atoms with Gasteiger partial charge in [0.2, 0.25) is 0 Å². The molecule has 0 saturated heterocycles. The van der Waals surface area contributed by atoms with Gasteiger partial charge in [-0.15, -0.1) is 0 Å². The molecule has 5 rings (SSSR count). The number of rotatable bonds is 4. The number of carboxylic acids is 1. The van der Waals surface area contributed by atoms with Gasteiger partial charge < -0.3 is 9.84 Å². The van der Waals surface area contributed by atoms with Gasteiger partial charge in [-0.2, -0.15) is 5.10 Å². The highest BCUT2D eigenvalue weighted by molar-refractivity contribution is 5.93. The van der Waals surface area contributed by atoms with E-state index in [1.54, 1.807) is 11.7 Å². The van der Waals surface area contributed by atoms with Gasteiger partial charge in [-0.3, -0.25) is 14.8 Å². The third-order valence-electron chi connectivity index (χ3n) is 6.23. The van der Waals surface area contributed by atoms with Gasteiger partial charge >= 0.3 is 12.1 Å². The van der Waals surface area contributed by atoms with Crippen molar-refractivity contribution in [1.29, 1.82) is 0 Å². The number of hydrogen-bond donors (Lipinski definition) is 2. The third kappa shape index (κ3) is 3.85. The smallest absolute Gasteiger partial charge is 0.413 e. The molecule has 1 unspecified atom stereocenters. The summed E-state index contributed by atoms with van der Waals surface area (Å²) in [6.45, 7) is 1.83. The van der Waals surface area contributed by atoms with Crippen molar-refractivity contribution < 1.29 is 19.4 Å². The fourth-order valence-corrected chi connectivity index (χ4v) is 4.16. The summed E-state index contributed by atoms with van der Waals surface area (Å²) in [7, 11) is 1.79. The van der Waals surface area contributed by atoms with Gasteiger partial charge in [0.25, 0.3) is 0 Å². The molecule has 7 nitrogen and oxygen atoms in total. The van der Waals surface area contributed by atoms with Crippen LogP contribution in [0.2, 0.25) is 0 Å². The standard InChI is InChI=1S/C26H23N3O4/c1-16(18-6-4-3-5-7-18)33-25(32)27-23-22-20-9-8-17(10-11-26(12-13-26)24(30)31)14-19(20)15-21(22)28-29(23)2/h3-9,14,16H,12-13,15H2,1-2H3,(H,27,32)(H,30,31). The van der Waals surface area contributed by atoms with E-state index in [0.29, 0.717) is 25.1 Å². The predicted molar refractivity (Wildman–Crippen MR) is 123 cm³/mol. The van der Waals surface area contributed by atoms with E-state index >= 15 is 0 Å². The molecule has 1 atom stereocenters. The second-order valence-corrected chi connectivity index (χ2v) is 8.56. The lowest BCUT2D eigenvalue weighted by molar-refractivity contribution is -0.141. The van der Waals surface area contributed by atoms with Gasteiger partial charge in [-0.1, -0.05) is 48.2 Å². The van der Waals surface area contributed by atoms with E-state index in [4.69, 9.17) is 4.74 Å². The number of aromatic nitrogens is 2. The van der Waals surface area contributed by atoms with Gasteiger partial charge in [0, 0.05) is 24.6 Å². The molecule has 1 amide bonds. The zero-order valence-corrected chi connectivity index (χ0v) is 18.4. The number of nitrogens with zero attached hydrogens (tertiary/aromatic N) is 2. The summed E-state index contributed by atoms with van der Waals surface area (Å²) in [5, 5.41) is 16.8. The number of benzene rings is 2. The van der Waals surface area contributed by atoms with Gasteiger partial charge in [0.1, 0.15) is 17.3 Å². The average molecular weight is 441 g/mol. The number of carbonyl (C=O) groups is 2. The minimum Gasteiger partial charge on any atom is -0.480 e. The third-order valence-corrected chi connectivity index (χ3v) is 6.23. The maximum atomic E-state index is 12.6. The van der Waals surface area contributed by atoms with E-state index in [-0.39, 0.29) is 6.10 Å². The Morgan fingerprint density at radius 3 is 2.67 bits per heavy atom. The van der Waals surface area contributed by atoms with Crippen LogP contribution in [-0.4, -0.2) is 26.9 Å². The minimum atomic E-state index is -0.876. The van der Waals surface area contributed by atoms with E-state index < -0.39 is 17.5 Å². The van der Waals surface area contributed by atoms with Gasteiger partial charge in [-0.05, 0) is 48.6 Å². The van der Waals surface area contributed by atoms with Crippen LogP contribution < -0.4 is 5.32 Å². The molecule has 7 heteroatoms. The van der Waals surface area contributed by atoms with Crippen molar-refractivity contribution in [2.24, 2.45) is 12.5 Å². The van der Waals surface area contributed by atoms with E-state index in [2.05, 4.69) is 22.3 Å². The lowest BCUT2D eigenvalue weighted by atomic mass is 10.0. The fraction of sp³-hybridized carbons (Fsp3) is 0.269. The van der Waals surface area contributed by atoms with Gasteiger partial charge in [0.15, 0.2) is 0 Å². The summed E-state index contributed by atoms with van der Waals surface area (Å²) in [5.41, 5.74) is 4.59. The van der Waals surface area contributed by atoms with Crippen LogP contribution in [-0.2, 0) is 23.0 Å². The Balaban J connectivity index is 1.36. The van der Waals surface area contributed by atoms with Crippen molar-refractivity contribution in [2.45, 2.75) is 32.3 Å². The Bertz CT molecular complexity index is 1330. The zero-order chi connectivity index (χ0) is 23.2. The first-order valence-electron chi connectivity index (χ1n) is 10.8. The number of aliphatic carboxylic acids is 1. The second-order valence-electron chi connectivity index (χ2n) is 8.56. The molecule has 1 heterocycles. The highest BCUT2D eigenvalue weighted by Crippen LogP contribution is 2.45. The summed E-state index contributed by atoms with van der Waals surface area (Å²) in [6.07, 6.45) is 0.891. The zero-order valence-electron chi connectivity index (χ0n) is 18.4.